The van der Waals surface area contributed by atoms with E-state index in [1.54, 1.807) is 19.9 Å². The van der Waals surface area contributed by atoms with Gasteiger partial charge in [-0.2, -0.15) is 0 Å². The standard InChI is InChI=1S/C29H27F2N3O8S2.C25H19F2N3O8S2/c1-3-41-27(35)18-33(43(37,38)22-13-9-20(30)10-14-22)26-17-32-29(25-8-6-5-7-24(25)26)34(19-28(36)42-4-2)44(39,40)23-15-11-21(31)12-16-23;26-16-5-9-18(10-6-16)39(35,36)29(14-23(31)32)22-13-28-25(21-4-2-1-3-20(21)22)30(15-24(33)34)40(37,38)19-11-7-17(27)8-12-19/h5-17H,3-4,18-19H2,1-2H3;1-13H,14-15H2,(H,31,32)(H,33,34). The molecular formula is C54H46F4N6O16S4. The maximum atomic E-state index is 13.8. The van der Waals surface area contributed by atoms with Crippen LogP contribution in [0.1, 0.15) is 13.8 Å². The summed E-state index contributed by atoms with van der Waals surface area (Å²) >= 11 is 0. The first-order chi connectivity index (χ1) is 39.7. The molecule has 0 amide bonds. The Balaban J connectivity index is 0.000000242. The number of carbonyl (C=O) groups excluding carboxylic acids is 2. The Labute approximate surface area is 477 Å². The Morgan fingerprint density at radius 3 is 0.940 bits per heavy atom. The first-order valence-electron chi connectivity index (χ1n) is 24.4. The van der Waals surface area contributed by atoms with Gasteiger partial charge >= 0.3 is 23.9 Å². The van der Waals surface area contributed by atoms with Crippen molar-refractivity contribution in [1.29, 1.82) is 0 Å². The Morgan fingerprint density at radius 2 is 0.643 bits per heavy atom. The average molecular weight is 1240 g/mol. The number of nitrogens with zero attached hydrogens (tertiary/aromatic N) is 6. The van der Waals surface area contributed by atoms with Crippen LogP contribution in [0.25, 0.3) is 21.5 Å². The zero-order chi connectivity index (χ0) is 61.3. The van der Waals surface area contributed by atoms with Gasteiger partial charge in [0.15, 0.2) is 11.6 Å². The van der Waals surface area contributed by atoms with Crippen LogP contribution in [-0.2, 0) is 68.7 Å². The van der Waals surface area contributed by atoms with Gasteiger partial charge in [-0.05, 0) is 111 Å². The number of ether oxygens (including phenoxy) is 2. The predicted molar refractivity (Wildman–Crippen MR) is 296 cm³/mol. The third-order valence-corrected chi connectivity index (χ3v) is 18.9. The molecule has 84 heavy (non-hydrogen) atoms. The molecule has 8 aromatic rings. The summed E-state index contributed by atoms with van der Waals surface area (Å²) in [6, 6.07) is 26.9. The first-order valence-corrected chi connectivity index (χ1v) is 30.1. The van der Waals surface area contributed by atoms with Gasteiger partial charge in [-0.1, -0.05) is 48.5 Å². The molecule has 0 aliphatic heterocycles. The second-order valence-corrected chi connectivity index (χ2v) is 24.7. The number of carbonyl (C=O) groups is 4. The molecule has 8 rings (SSSR count). The number of halogens is 4. The van der Waals surface area contributed by atoms with E-state index < -0.39 is 129 Å². The number of aromatic nitrogens is 2. The van der Waals surface area contributed by atoms with Crippen molar-refractivity contribution in [3.63, 3.8) is 0 Å². The van der Waals surface area contributed by atoms with Crippen LogP contribution < -0.4 is 17.2 Å². The Hall–Kier alpha value is -9.26. The normalized spacial score (nSPS) is 11.7. The first kappa shape index (κ1) is 62.3. The molecule has 2 N–H and O–H groups in total. The minimum Gasteiger partial charge on any atom is -0.480 e. The highest BCUT2D eigenvalue weighted by Crippen LogP contribution is 2.39. The molecule has 0 saturated heterocycles. The van der Waals surface area contributed by atoms with Crippen LogP contribution >= 0.6 is 0 Å². The zero-order valence-electron chi connectivity index (χ0n) is 43.7. The quantitative estimate of drug-likeness (QED) is 0.0505. The van der Waals surface area contributed by atoms with Gasteiger partial charge in [0.05, 0.1) is 56.6 Å². The van der Waals surface area contributed by atoms with Gasteiger partial charge in [-0.3, -0.25) is 27.8 Å². The van der Waals surface area contributed by atoms with Gasteiger partial charge in [0, 0.05) is 21.5 Å². The Morgan fingerprint density at radius 1 is 0.393 bits per heavy atom. The number of hydrogen-bond acceptors (Lipinski definition) is 16. The Bertz CT molecular complexity index is 3980. The molecule has 22 nitrogen and oxygen atoms in total. The van der Waals surface area contributed by atoms with Gasteiger partial charge < -0.3 is 19.7 Å². The largest absolute Gasteiger partial charge is 0.480 e. The second-order valence-electron chi connectivity index (χ2n) is 17.3. The molecule has 0 saturated carbocycles. The van der Waals surface area contributed by atoms with Gasteiger partial charge in [0.25, 0.3) is 40.1 Å². The van der Waals surface area contributed by atoms with Crippen LogP contribution in [0.3, 0.4) is 0 Å². The van der Waals surface area contributed by atoms with Crippen molar-refractivity contribution in [1.82, 2.24) is 9.97 Å². The fraction of sp³-hybridized carbons (Fsp3) is 0.148. The van der Waals surface area contributed by atoms with E-state index in [4.69, 9.17) is 9.47 Å². The summed E-state index contributed by atoms with van der Waals surface area (Å²) in [5, 5.41) is 19.2. The van der Waals surface area contributed by atoms with E-state index in [0.717, 1.165) is 114 Å². The SMILES string of the molecule is CCOC(=O)CN(c1cnc(N(CC(=O)OCC)S(=O)(=O)c2ccc(F)cc2)c2ccccc12)S(=O)(=O)c1ccc(F)cc1.O=C(O)CN(c1cnc(N(CC(=O)O)S(=O)(=O)c2ccc(F)cc2)c2ccccc12)S(=O)(=O)c1ccc(F)cc1. The lowest BCUT2D eigenvalue weighted by Crippen LogP contribution is -2.38. The number of aliphatic carboxylic acids is 2. The van der Waals surface area contributed by atoms with Crippen molar-refractivity contribution in [3.05, 3.63) is 181 Å². The van der Waals surface area contributed by atoms with E-state index in [9.17, 15) is 80.6 Å². The molecule has 0 fully saturated rings. The van der Waals surface area contributed by atoms with Crippen molar-refractivity contribution < 1.29 is 90.1 Å². The number of hydrogen-bond donors (Lipinski definition) is 2. The fourth-order valence-corrected chi connectivity index (χ4v) is 13.7. The molecule has 0 atom stereocenters. The molecule has 0 bridgehead atoms. The summed E-state index contributed by atoms with van der Waals surface area (Å²) in [4.78, 5) is 55.4. The molecule has 30 heteroatoms. The van der Waals surface area contributed by atoms with Gasteiger partial charge in [-0.15, -0.1) is 0 Å². The summed E-state index contributed by atoms with van der Waals surface area (Å²) in [5.41, 5.74) is -0.391. The van der Waals surface area contributed by atoms with Gasteiger partial charge in [-0.25, -0.2) is 69.8 Å². The van der Waals surface area contributed by atoms with Crippen molar-refractivity contribution >= 4 is 109 Å². The van der Waals surface area contributed by atoms with E-state index >= 15 is 0 Å². The van der Waals surface area contributed by atoms with Crippen molar-refractivity contribution in [2.24, 2.45) is 0 Å². The highest BCUT2D eigenvalue weighted by Gasteiger charge is 2.36. The van der Waals surface area contributed by atoms with Crippen LogP contribution in [0.2, 0.25) is 0 Å². The summed E-state index contributed by atoms with van der Waals surface area (Å²) in [7, 11) is -18.3. The monoisotopic (exact) mass is 1240 g/mol. The molecule has 2 aromatic heterocycles. The smallest absolute Gasteiger partial charge is 0.326 e. The van der Waals surface area contributed by atoms with E-state index in [-0.39, 0.29) is 61.7 Å². The van der Waals surface area contributed by atoms with E-state index in [0.29, 0.717) is 12.9 Å². The number of pyridine rings is 2. The molecule has 2 heterocycles. The minimum atomic E-state index is -4.62. The predicted octanol–water partition coefficient (Wildman–Crippen LogP) is 7.10. The topological polar surface area (TPSA) is 302 Å². The molecule has 440 valence electrons. The summed E-state index contributed by atoms with van der Waals surface area (Å²) < 4.78 is 175. The van der Waals surface area contributed by atoms with Crippen LogP contribution in [0.4, 0.5) is 40.6 Å². The van der Waals surface area contributed by atoms with Gasteiger partial charge in [0.1, 0.15) is 49.4 Å². The third kappa shape index (κ3) is 13.8. The number of carboxylic acid groups (broad SMARTS) is 2. The van der Waals surface area contributed by atoms with Crippen molar-refractivity contribution in [2.75, 3.05) is 56.6 Å². The van der Waals surface area contributed by atoms with Crippen LogP contribution in [0.5, 0.6) is 0 Å². The van der Waals surface area contributed by atoms with E-state index in [1.807, 2.05) is 0 Å². The maximum Gasteiger partial charge on any atom is 0.326 e. The highest BCUT2D eigenvalue weighted by molar-refractivity contribution is 7.93. The van der Waals surface area contributed by atoms with Crippen molar-refractivity contribution in [2.45, 2.75) is 33.4 Å². The number of rotatable bonds is 22. The molecule has 0 unspecified atom stereocenters. The molecular weight excluding hydrogens is 1190 g/mol. The van der Waals surface area contributed by atoms with Crippen LogP contribution in [0, 0.1) is 23.3 Å². The number of carboxylic acids is 2. The highest BCUT2D eigenvalue weighted by atomic mass is 32.2. The number of sulfonamides is 4. The second kappa shape index (κ2) is 25.9. The zero-order valence-corrected chi connectivity index (χ0v) is 47.0. The Kier molecular flexibility index (Phi) is 19.2. The fourth-order valence-electron chi connectivity index (χ4n) is 8.10. The minimum absolute atomic E-state index is 0.0177. The average Bonchev–Trinajstić information content (AvgIpc) is 1.36. The number of anilines is 4. The molecule has 6 aromatic carbocycles. The summed E-state index contributed by atoms with van der Waals surface area (Å²) in [5.74, 6) is -8.36. The molecule has 0 radical (unpaired) electrons. The van der Waals surface area contributed by atoms with Crippen LogP contribution in [-0.4, -0.2) is 117 Å². The van der Waals surface area contributed by atoms with E-state index in [1.165, 1.54) is 42.5 Å². The third-order valence-electron chi connectivity index (χ3n) is 11.8. The summed E-state index contributed by atoms with van der Waals surface area (Å²) in [6.07, 6.45) is 1.94. The number of benzene rings is 6. The lowest BCUT2D eigenvalue weighted by molar-refractivity contribution is -0.142. The van der Waals surface area contributed by atoms with Crippen LogP contribution in [0.15, 0.2) is 178 Å². The molecule has 0 spiro atoms. The lowest BCUT2D eigenvalue weighted by atomic mass is 10.1. The van der Waals surface area contributed by atoms with E-state index in [2.05, 4.69) is 9.97 Å². The summed E-state index contributed by atoms with van der Waals surface area (Å²) in [6.45, 7) is -0.768. The lowest BCUT2D eigenvalue weighted by Gasteiger charge is -2.27. The molecule has 0 aliphatic carbocycles. The number of esters is 2. The maximum absolute atomic E-state index is 13.8. The molecule has 0 aliphatic rings. The van der Waals surface area contributed by atoms with Crippen molar-refractivity contribution in [3.8, 4) is 0 Å². The van der Waals surface area contributed by atoms with Gasteiger partial charge in [0.2, 0.25) is 0 Å². The number of fused-ring (bicyclic) bond motifs is 2.